The lowest BCUT2D eigenvalue weighted by molar-refractivity contribution is 0.0892. The van der Waals surface area contributed by atoms with Crippen molar-refractivity contribution in [1.82, 2.24) is 0 Å². The van der Waals surface area contributed by atoms with Crippen molar-refractivity contribution in [3.05, 3.63) is 29.3 Å². The Labute approximate surface area is 103 Å². The molecule has 1 fully saturated rings. The van der Waals surface area contributed by atoms with Crippen LogP contribution in [0.2, 0.25) is 0 Å². The maximum Gasteiger partial charge on any atom is 0.0746 e. The number of benzene rings is 1. The van der Waals surface area contributed by atoms with Gasteiger partial charge in [0.25, 0.3) is 0 Å². The molecule has 0 amide bonds. The van der Waals surface area contributed by atoms with Gasteiger partial charge in [0.1, 0.15) is 0 Å². The topological polar surface area (TPSA) is 32.7 Å². The first kappa shape index (κ1) is 12.4. The number of methoxy groups -OCH3 is 1. The highest BCUT2D eigenvalue weighted by atomic mass is 16.5. The minimum Gasteiger partial charge on any atom is -0.392 e. The van der Waals surface area contributed by atoms with Gasteiger partial charge in [0.15, 0.2) is 0 Å². The molecule has 0 bridgehead atoms. The van der Waals surface area contributed by atoms with E-state index in [1.165, 1.54) is 5.56 Å². The van der Waals surface area contributed by atoms with Crippen molar-refractivity contribution in [3.8, 4) is 0 Å². The third kappa shape index (κ3) is 2.79. The summed E-state index contributed by atoms with van der Waals surface area (Å²) in [6.07, 6.45) is 2.60. The van der Waals surface area contributed by atoms with E-state index >= 15 is 0 Å². The summed E-state index contributed by atoms with van der Waals surface area (Å²) in [5.41, 5.74) is 3.36. The van der Waals surface area contributed by atoms with Gasteiger partial charge in [-0.1, -0.05) is 17.7 Å². The van der Waals surface area contributed by atoms with Gasteiger partial charge in [0, 0.05) is 31.5 Å². The molecule has 3 nitrogen and oxygen atoms in total. The average molecular weight is 235 g/mol. The first-order valence-electron chi connectivity index (χ1n) is 6.22. The molecule has 0 spiro atoms. The summed E-state index contributed by atoms with van der Waals surface area (Å²) >= 11 is 0. The van der Waals surface area contributed by atoms with Crippen LogP contribution in [0, 0.1) is 6.92 Å². The standard InChI is InChI=1S/C14H21NO2/c1-11-5-6-14(12(8-11)10-16)15-7-3-4-13(9-15)17-2/h5-6,8,13,16H,3-4,7,9-10H2,1-2H3. The lowest BCUT2D eigenvalue weighted by Crippen LogP contribution is -2.39. The molecule has 1 aromatic rings. The molecule has 1 aliphatic heterocycles. The highest BCUT2D eigenvalue weighted by Gasteiger charge is 2.21. The number of aliphatic hydroxyl groups excluding tert-OH is 1. The zero-order chi connectivity index (χ0) is 12.3. The van der Waals surface area contributed by atoms with Gasteiger partial charge in [-0.05, 0) is 25.8 Å². The monoisotopic (exact) mass is 235 g/mol. The highest BCUT2D eigenvalue weighted by Crippen LogP contribution is 2.26. The molecule has 17 heavy (non-hydrogen) atoms. The molecule has 1 saturated heterocycles. The number of anilines is 1. The molecule has 1 aliphatic rings. The number of hydrogen-bond donors (Lipinski definition) is 1. The van der Waals surface area contributed by atoms with Gasteiger partial charge in [0.2, 0.25) is 0 Å². The van der Waals surface area contributed by atoms with Gasteiger partial charge in [-0.3, -0.25) is 0 Å². The van der Waals surface area contributed by atoms with Gasteiger partial charge in [-0.2, -0.15) is 0 Å². The number of rotatable bonds is 3. The van der Waals surface area contributed by atoms with E-state index in [4.69, 9.17) is 4.74 Å². The van der Waals surface area contributed by atoms with Crippen LogP contribution in [0.15, 0.2) is 18.2 Å². The van der Waals surface area contributed by atoms with Crippen molar-refractivity contribution < 1.29 is 9.84 Å². The summed E-state index contributed by atoms with van der Waals surface area (Å²) in [5.74, 6) is 0. The zero-order valence-electron chi connectivity index (χ0n) is 10.6. The van der Waals surface area contributed by atoms with Crippen molar-refractivity contribution in [2.75, 3.05) is 25.1 Å². The second-order valence-corrected chi connectivity index (χ2v) is 4.74. The third-order valence-electron chi connectivity index (χ3n) is 3.46. The fourth-order valence-electron chi connectivity index (χ4n) is 2.50. The molecule has 1 aromatic carbocycles. The van der Waals surface area contributed by atoms with Gasteiger partial charge in [-0.15, -0.1) is 0 Å². The van der Waals surface area contributed by atoms with Crippen LogP contribution in [-0.4, -0.2) is 31.4 Å². The number of aliphatic hydroxyl groups is 1. The van der Waals surface area contributed by atoms with E-state index in [1.54, 1.807) is 7.11 Å². The van der Waals surface area contributed by atoms with E-state index in [0.717, 1.165) is 37.2 Å². The molecule has 0 saturated carbocycles. The van der Waals surface area contributed by atoms with Gasteiger partial charge < -0.3 is 14.7 Å². The van der Waals surface area contributed by atoms with Gasteiger partial charge >= 0.3 is 0 Å². The molecule has 0 aliphatic carbocycles. The SMILES string of the molecule is COC1CCCN(c2ccc(C)cc2CO)C1. The van der Waals surface area contributed by atoms with Crippen LogP contribution in [0.5, 0.6) is 0 Å². The Hall–Kier alpha value is -1.06. The summed E-state index contributed by atoms with van der Waals surface area (Å²) in [6, 6.07) is 6.27. The Bertz CT molecular complexity index is 378. The van der Waals surface area contributed by atoms with Crippen molar-refractivity contribution in [1.29, 1.82) is 0 Å². The molecule has 1 unspecified atom stereocenters. The Balaban J connectivity index is 2.20. The van der Waals surface area contributed by atoms with Crippen molar-refractivity contribution in [3.63, 3.8) is 0 Å². The van der Waals surface area contributed by atoms with Crippen molar-refractivity contribution in [2.24, 2.45) is 0 Å². The number of aryl methyl sites for hydroxylation is 1. The lowest BCUT2D eigenvalue weighted by Gasteiger charge is -2.34. The molecule has 0 aromatic heterocycles. The Morgan fingerprint density at radius 3 is 3.00 bits per heavy atom. The largest absolute Gasteiger partial charge is 0.392 e. The first-order valence-corrected chi connectivity index (χ1v) is 6.22. The smallest absolute Gasteiger partial charge is 0.0746 e. The lowest BCUT2D eigenvalue weighted by atomic mass is 10.0. The minimum atomic E-state index is 0.102. The predicted octanol–water partition coefficient (Wildman–Crippen LogP) is 2.10. The third-order valence-corrected chi connectivity index (χ3v) is 3.46. The molecular weight excluding hydrogens is 214 g/mol. The van der Waals surface area contributed by atoms with E-state index in [-0.39, 0.29) is 6.61 Å². The molecule has 2 rings (SSSR count). The van der Waals surface area contributed by atoms with Crippen molar-refractivity contribution in [2.45, 2.75) is 32.5 Å². The number of hydrogen-bond acceptors (Lipinski definition) is 3. The molecule has 1 heterocycles. The summed E-state index contributed by atoms with van der Waals surface area (Å²) < 4.78 is 5.44. The van der Waals surface area contributed by atoms with Crippen LogP contribution in [0.4, 0.5) is 5.69 Å². The fourth-order valence-corrected chi connectivity index (χ4v) is 2.50. The van der Waals surface area contributed by atoms with Crippen LogP contribution in [0.3, 0.4) is 0 Å². The van der Waals surface area contributed by atoms with Crippen LogP contribution >= 0.6 is 0 Å². The second kappa shape index (κ2) is 5.52. The average Bonchev–Trinajstić information content (AvgIpc) is 2.38. The molecule has 1 N–H and O–H groups in total. The van der Waals surface area contributed by atoms with Crippen LogP contribution < -0.4 is 4.90 Å². The number of ether oxygens (including phenoxy) is 1. The summed E-state index contributed by atoms with van der Waals surface area (Å²) in [7, 11) is 1.77. The summed E-state index contributed by atoms with van der Waals surface area (Å²) in [6.45, 7) is 4.13. The fraction of sp³-hybridized carbons (Fsp3) is 0.571. The van der Waals surface area contributed by atoms with E-state index in [9.17, 15) is 5.11 Å². The maximum atomic E-state index is 9.44. The zero-order valence-corrected chi connectivity index (χ0v) is 10.6. The minimum absolute atomic E-state index is 0.102. The van der Waals surface area contributed by atoms with E-state index in [1.807, 2.05) is 0 Å². The maximum absolute atomic E-state index is 9.44. The first-order chi connectivity index (χ1) is 8.24. The molecule has 0 radical (unpaired) electrons. The Morgan fingerprint density at radius 2 is 2.29 bits per heavy atom. The van der Waals surface area contributed by atoms with Crippen LogP contribution in [0.1, 0.15) is 24.0 Å². The molecule has 3 heteroatoms. The Morgan fingerprint density at radius 1 is 1.47 bits per heavy atom. The van der Waals surface area contributed by atoms with E-state index < -0.39 is 0 Å². The molecule has 1 atom stereocenters. The van der Waals surface area contributed by atoms with Gasteiger partial charge in [-0.25, -0.2) is 0 Å². The normalized spacial score (nSPS) is 20.6. The summed E-state index contributed by atoms with van der Waals surface area (Å²) in [4.78, 5) is 2.32. The highest BCUT2D eigenvalue weighted by molar-refractivity contribution is 5.55. The molecular formula is C14H21NO2. The Kier molecular flexibility index (Phi) is 4.02. The second-order valence-electron chi connectivity index (χ2n) is 4.74. The van der Waals surface area contributed by atoms with Crippen LogP contribution in [0.25, 0.3) is 0 Å². The summed E-state index contributed by atoms with van der Waals surface area (Å²) in [5, 5.41) is 9.44. The van der Waals surface area contributed by atoms with E-state index in [2.05, 4.69) is 30.0 Å². The van der Waals surface area contributed by atoms with Crippen molar-refractivity contribution >= 4 is 5.69 Å². The molecule has 94 valence electrons. The van der Waals surface area contributed by atoms with Crippen LogP contribution in [-0.2, 0) is 11.3 Å². The predicted molar refractivity (Wildman–Crippen MR) is 69.3 cm³/mol. The van der Waals surface area contributed by atoms with E-state index in [0.29, 0.717) is 6.10 Å². The van der Waals surface area contributed by atoms with Gasteiger partial charge in [0.05, 0.1) is 12.7 Å². The number of piperidine rings is 1. The number of nitrogens with zero attached hydrogens (tertiary/aromatic N) is 1. The quantitative estimate of drug-likeness (QED) is 0.871.